The highest BCUT2D eigenvalue weighted by Crippen LogP contribution is 2.28. The molecule has 1 saturated heterocycles. The van der Waals surface area contributed by atoms with Crippen LogP contribution in [0, 0.1) is 6.92 Å². The first-order chi connectivity index (χ1) is 11.6. The zero-order valence-electron chi connectivity index (χ0n) is 14.0. The minimum Gasteiger partial charge on any atom is -0.373 e. The van der Waals surface area contributed by atoms with Gasteiger partial charge >= 0.3 is 6.03 Å². The van der Waals surface area contributed by atoms with Crippen molar-refractivity contribution in [1.82, 2.24) is 15.6 Å². The average Bonchev–Trinajstić information content (AvgIpc) is 3.02. The van der Waals surface area contributed by atoms with Gasteiger partial charge in [-0.1, -0.05) is 30.3 Å². The second kappa shape index (κ2) is 7.77. The number of hydrogen-bond acceptors (Lipinski definition) is 4. The normalized spacial score (nSPS) is 21.9. The summed E-state index contributed by atoms with van der Waals surface area (Å²) in [6.45, 7) is 4.57. The van der Waals surface area contributed by atoms with Crippen LogP contribution in [0.2, 0.25) is 0 Å². The van der Waals surface area contributed by atoms with Crippen molar-refractivity contribution in [2.75, 3.05) is 6.61 Å². The van der Waals surface area contributed by atoms with Crippen molar-refractivity contribution in [1.29, 1.82) is 0 Å². The second-order valence-corrected chi connectivity index (χ2v) is 7.05. The Morgan fingerprint density at radius 2 is 2.17 bits per heavy atom. The van der Waals surface area contributed by atoms with Gasteiger partial charge < -0.3 is 15.4 Å². The maximum absolute atomic E-state index is 12.3. The number of nitrogens with zero attached hydrogens (tertiary/aromatic N) is 1. The van der Waals surface area contributed by atoms with Gasteiger partial charge in [-0.05, 0) is 32.3 Å². The third-order valence-corrected chi connectivity index (χ3v) is 5.29. The largest absolute Gasteiger partial charge is 0.373 e. The van der Waals surface area contributed by atoms with Crippen LogP contribution in [0.1, 0.15) is 48.2 Å². The molecule has 1 aliphatic heterocycles. The lowest BCUT2D eigenvalue weighted by atomic mass is 9.97. The molecule has 5 nitrogen and oxygen atoms in total. The highest BCUT2D eigenvalue weighted by atomic mass is 32.1. The maximum atomic E-state index is 12.3. The van der Waals surface area contributed by atoms with E-state index in [1.165, 1.54) is 0 Å². The Labute approximate surface area is 146 Å². The Hall–Kier alpha value is -1.92. The van der Waals surface area contributed by atoms with Crippen LogP contribution in [-0.2, 0) is 4.74 Å². The summed E-state index contributed by atoms with van der Waals surface area (Å²) in [6.07, 6.45) is 1.67. The monoisotopic (exact) mass is 345 g/mol. The van der Waals surface area contributed by atoms with Crippen LogP contribution in [0.5, 0.6) is 0 Å². The first-order valence-corrected chi connectivity index (χ1v) is 9.15. The number of aromatic nitrogens is 1. The predicted molar refractivity (Wildman–Crippen MR) is 95.1 cm³/mol. The lowest BCUT2D eigenvalue weighted by molar-refractivity contribution is 0.00222. The summed E-state index contributed by atoms with van der Waals surface area (Å²) in [5.74, 6) is 0. The van der Waals surface area contributed by atoms with Gasteiger partial charge in [-0.2, -0.15) is 0 Å². The molecule has 0 bridgehead atoms. The van der Waals surface area contributed by atoms with Crippen LogP contribution < -0.4 is 10.6 Å². The number of benzene rings is 1. The molecule has 128 valence electrons. The van der Waals surface area contributed by atoms with E-state index in [0.717, 1.165) is 29.1 Å². The van der Waals surface area contributed by atoms with Crippen LogP contribution in [0.4, 0.5) is 4.79 Å². The lowest BCUT2D eigenvalue weighted by Gasteiger charge is -2.30. The molecule has 3 atom stereocenters. The van der Waals surface area contributed by atoms with Gasteiger partial charge in [0.15, 0.2) is 0 Å². The third-order valence-electron chi connectivity index (χ3n) is 4.15. The topological polar surface area (TPSA) is 63.2 Å². The van der Waals surface area contributed by atoms with Crippen molar-refractivity contribution in [2.24, 2.45) is 0 Å². The SMILES string of the molecule is Cc1csc(C(C)NC(=O)NC2CCOC(c3ccccc3)C2)n1. The van der Waals surface area contributed by atoms with Crippen molar-refractivity contribution in [3.63, 3.8) is 0 Å². The van der Waals surface area contributed by atoms with Crippen LogP contribution in [0.3, 0.4) is 0 Å². The van der Waals surface area contributed by atoms with Gasteiger partial charge in [0.25, 0.3) is 0 Å². The van der Waals surface area contributed by atoms with Crippen molar-refractivity contribution >= 4 is 17.4 Å². The Bertz CT molecular complexity index is 674. The molecule has 0 saturated carbocycles. The van der Waals surface area contributed by atoms with Gasteiger partial charge in [-0.25, -0.2) is 9.78 Å². The molecule has 24 heavy (non-hydrogen) atoms. The van der Waals surface area contributed by atoms with E-state index in [0.29, 0.717) is 6.61 Å². The quantitative estimate of drug-likeness (QED) is 0.887. The Morgan fingerprint density at radius 3 is 2.88 bits per heavy atom. The molecule has 1 fully saturated rings. The standard InChI is InChI=1S/C18H23N3O2S/c1-12-11-24-17(19-12)13(2)20-18(22)21-15-8-9-23-16(10-15)14-6-4-3-5-7-14/h3-7,11,13,15-16H,8-10H2,1-2H3,(H2,20,21,22). The summed E-state index contributed by atoms with van der Waals surface area (Å²) in [7, 11) is 0. The molecule has 2 heterocycles. The first kappa shape index (κ1) is 16.9. The molecule has 6 heteroatoms. The van der Waals surface area contributed by atoms with E-state index >= 15 is 0 Å². The van der Waals surface area contributed by atoms with E-state index in [2.05, 4.69) is 27.8 Å². The Balaban J connectivity index is 1.52. The van der Waals surface area contributed by atoms with Crippen LogP contribution >= 0.6 is 11.3 Å². The number of aryl methyl sites for hydroxylation is 1. The Kier molecular flexibility index (Phi) is 5.48. The van der Waals surface area contributed by atoms with Crippen molar-refractivity contribution in [3.05, 3.63) is 52.0 Å². The van der Waals surface area contributed by atoms with Crippen molar-refractivity contribution in [2.45, 2.75) is 44.9 Å². The summed E-state index contributed by atoms with van der Waals surface area (Å²) in [5, 5.41) is 8.96. The number of carbonyl (C=O) groups is 1. The number of thiazole rings is 1. The highest BCUT2D eigenvalue weighted by Gasteiger charge is 2.25. The molecule has 2 amide bonds. The number of hydrogen-bond donors (Lipinski definition) is 2. The molecule has 3 rings (SSSR count). The van der Waals surface area contributed by atoms with Crippen molar-refractivity contribution in [3.8, 4) is 0 Å². The fraction of sp³-hybridized carbons (Fsp3) is 0.444. The lowest BCUT2D eigenvalue weighted by Crippen LogP contribution is -2.45. The number of carbonyl (C=O) groups excluding carboxylic acids is 1. The van der Waals surface area contributed by atoms with E-state index < -0.39 is 0 Å². The number of nitrogens with one attached hydrogen (secondary N) is 2. The summed E-state index contributed by atoms with van der Waals surface area (Å²) in [5.41, 5.74) is 2.15. The fourth-order valence-electron chi connectivity index (χ4n) is 2.88. The van der Waals surface area contributed by atoms with Gasteiger partial charge in [0.05, 0.1) is 12.1 Å². The molecule has 2 N–H and O–H groups in total. The summed E-state index contributed by atoms with van der Waals surface area (Å²) < 4.78 is 5.85. The minimum absolute atomic E-state index is 0.0456. The van der Waals surface area contributed by atoms with Crippen LogP contribution in [0.25, 0.3) is 0 Å². The van der Waals surface area contributed by atoms with Gasteiger partial charge in [-0.3, -0.25) is 0 Å². The molecule has 0 spiro atoms. The van der Waals surface area contributed by atoms with Crippen molar-refractivity contribution < 1.29 is 9.53 Å². The smallest absolute Gasteiger partial charge is 0.315 e. The first-order valence-electron chi connectivity index (χ1n) is 8.27. The molecule has 1 aromatic heterocycles. The van der Waals surface area contributed by atoms with Gasteiger partial charge in [0.2, 0.25) is 0 Å². The number of ether oxygens (including phenoxy) is 1. The molecule has 1 aromatic carbocycles. The van der Waals surface area contributed by atoms with Crippen LogP contribution in [-0.4, -0.2) is 23.7 Å². The van der Waals surface area contributed by atoms with E-state index in [4.69, 9.17) is 4.74 Å². The van der Waals surface area contributed by atoms with Gasteiger partial charge in [-0.15, -0.1) is 11.3 Å². The number of amides is 2. The molecular formula is C18H23N3O2S. The fourth-order valence-corrected chi connectivity index (χ4v) is 3.69. The van der Waals surface area contributed by atoms with Gasteiger partial charge in [0.1, 0.15) is 5.01 Å². The van der Waals surface area contributed by atoms with E-state index in [1.54, 1.807) is 11.3 Å². The molecule has 2 aromatic rings. The van der Waals surface area contributed by atoms with Gasteiger partial charge in [0, 0.05) is 23.7 Å². The Morgan fingerprint density at radius 1 is 1.38 bits per heavy atom. The zero-order valence-corrected chi connectivity index (χ0v) is 14.8. The summed E-state index contributed by atoms with van der Waals surface area (Å²) >= 11 is 1.57. The second-order valence-electron chi connectivity index (χ2n) is 6.16. The van der Waals surface area contributed by atoms with Crippen LogP contribution in [0.15, 0.2) is 35.7 Å². The molecule has 1 aliphatic rings. The number of urea groups is 1. The molecule has 3 unspecified atom stereocenters. The van der Waals surface area contributed by atoms with E-state index in [-0.39, 0.29) is 24.2 Å². The highest BCUT2D eigenvalue weighted by molar-refractivity contribution is 7.09. The molecule has 0 aliphatic carbocycles. The minimum atomic E-state index is -0.144. The maximum Gasteiger partial charge on any atom is 0.315 e. The van der Waals surface area contributed by atoms with E-state index in [1.807, 2.05) is 37.4 Å². The predicted octanol–water partition coefficient (Wildman–Crippen LogP) is 3.73. The number of rotatable bonds is 4. The summed E-state index contributed by atoms with van der Waals surface area (Å²) in [6, 6.07) is 10.0. The zero-order chi connectivity index (χ0) is 16.9. The molecule has 0 radical (unpaired) electrons. The summed E-state index contributed by atoms with van der Waals surface area (Å²) in [4.78, 5) is 16.7. The average molecular weight is 345 g/mol. The molecular weight excluding hydrogens is 322 g/mol. The third kappa shape index (κ3) is 4.33. The van der Waals surface area contributed by atoms with E-state index in [9.17, 15) is 4.79 Å².